The lowest BCUT2D eigenvalue weighted by atomic mass is 10.1. The van der Waals surface area contributed by atoms with Crippen LogP contribution in [0.5, 0.6) is 0 Å². The number of nitriles is 1. The van der Waals surface area contributed by atoms with Gasteiger partial charge in [-0.1, -0.05) is 0 Å². The van der Waals surface area contributed by atoms with Gasteiger partial charge in [-0.3, -0.25) is 14.6 Å². The molecule has 2 heterocycles. The minimum atomic E-state index is -0.201. The number of Topliss-reactive ketones (excluding diaryl/α,β-unsaturated/α-hetero) is 2. The molecule has 130 valence electrons. The van der Waals surface area contributed by atoms with Crippen LogP contribution in [-0.4, -0.2) is 27.0 Å². The van der Waals surface area contributed by atoms with Crippen molar-refractivity contribution in [1.29, 1.82) is 5.26 Å². The van der Waals surface area contributed by atoms with Gasteiger partial charge >= 0.3 is 0 Å². The number of nitrogens with zero attached hydrogens (tertiary/aromatic N) is 3. The van der Waals surface area contributed by atoms with Gasteiger partial charge in [-0.15, -0.1) is 11.6 Å². The summed E-state index contributed by atoms with van der Waals surface area (Å²) in [5, 5.41) is 9.00. The highest BCUT2D eigenvalue weighted by atomic mass is 35.5. The number of hydrogen-bond acceptors (Lipinski definition) is 4. The molecule has 0 N–H and O–H groups in total. The van der Waals surface area contributed by atoms with E-state index in [1.54, 1.807) is 18.3 Å². The van der Waals surface area contributed by atoms with Gasteiger partial charge < -0.3 is 4.57 Å². The van der Waals surface area contributed by atoms with Crippen molar-refractivity contribution in [2.75, 3.05) is 5.88 Å². The number of carbonyl (C=O) groups is 2. The van der Waals surface area contributed by atoms with E-state index in [1.807, 2.05) is 29.7 Å². The van der Waals surface area contributed by atoms with Gasteiger partial charge in [-0.05, 0) is 49.7 Å². The molecule has 3 aromatic rings. The Kier molecular flexibility index (Phi) is 4.88. The second kappa shape index (κ2) is 7.11. The van der Waals surface area contributed by atoms with E-state index in [4.69, 9.17) is 16.9 Å². The average molecular weight is 366 g/mol. The normalized spacial score (nSPS) is 10.7. The quantitative estimate of drug-likeness (QED) is 0.509. The molecular formula is C20H16ClN3O2. The number of hydrogen-bond donors (Lipinski definition) is 0. The molecule has 3 rings (SSSR count). The molecule has 0 atom stereocenters. The van der Waals surface area contributed by atoms with Crippen LogP contribution in [-0.2, 0) is 11.2 Å². The summed E-state index contributed by atoms with van der Waals surface area (Å²) in [6, 6.07) is 11.0. The molecule has 26 heavy (non-hydrogen) atoms. The Morgan fingerprint density at radius 2 is 1.96 bits per heavy atom. The summed E-state index contributed by atoms with van der Waals surface area (Å²) in [6.45, 7) is 3.36. The van der Waals surface area contributed by atoms with E-state index in [2.05, 4.69) is 11.1 Å². The van der Waals surface area contributed by atoms with Crippen LogP contribution < -0.4 is 0 Å². The number of ketones is 2. The lowest BCUT2D eigenvalue weighted by Gasteiger charge is -2.09. The van der Waals surface area contributed by atoms with Crippen LogP contribution in [0.2, 0.25) is 0 Å². The van der Waals surface area contributed by atoms with Crippen molar-refractivity contribution >= 4 is 34.2 Å². The largest absolute Gasteiger partial charge is 0.312 e. The SMILES string of the molecule is CC(=O)Cc1cnc2c(C(=O)CCl)c(C)n(-c3ccc(C#N)cc3)c2c1. The monoisotopic (exact) mass is 365 g/mol. The van der Waals surface area contributed by atoms with Crippen LogP contribution in [0, 0.1) is 18.3 Å². The second-order valence-electron chi connectivity index (χ2n) is 6.10. The third-order valence-electron chi connectivity index (χ3n) is 4.21. The summed E-state index contributed by atoms with van der Waals surface area (Å²) < 4.78 is 1.91. The van der Waals surface area contributed by atoms with Crippen molar-refractivity contribution in [3.05, 3.63) is 58.9 Å². The van der Waals surface area contributed by atoms with Crippen LogP contribution in [0.25, 0.3) is 16.7 Å². The van der Waals surface area contributed by atoms with Crippen molar-refractivity contribution in [3.8, 4) is 11.8 Å². The van der Waals surface area contributed by atoms with Gasteiger partial charge in [0.15, 0.2) is 5.78 Å². The van der Waals surface area contributed by atoms with Crippen molar-refractivity contribution in [2.45, 2.75) is 20.3 Å². The summed E-state index contributed by atoms with van der Waals surface area (Å²) in [5.74, 6) is -0.297. The van der Waals surface area contributed by atoms with Crippen LogP contribution in [0.1, 0.15) is 34.1 Å². The van der Waals surface area contributed by atoms with Crippen LogP contribution in [0.4, 0.5) is 0 Å². The molecule has 0 fully saturated rings. The highest BCUT2D eigenvalue weighted by molar-refractivity contribution is 6.32. The minimum absolute atomic E-state index is 0.0383. The molecule has 0 aliphatic carbocycles. The summed E-state index contributed by atoms with van der Waals surface area (Å²) in [4.78, 5) is 28.3. The Morgan fingerprint density at radius 3 is 2.54 bits per heavy atom. The Labute approximate surface area is 155 Å². The van der Waals surface area contributed by atoms with E-state index in [-0.39, 0.29) is 23.9 Å². The van der Waals surface area contributed by atoms with E-state index in [0.29, 0.717) is 16.6 Å². The Hall–Kier alpha value is -2.97. The molecule has 0 amide bonds. The maximum atomic E-state index is 12.4. The Morgan fingerprint density at radius 1 is 1.27 bits per heavy atom. The Balaban J connectivity index is 2.30. The van der Waals surface area contributed by atoms with E-state index < -0.39 is 0 Å². The zero-order valence-electron chi connectivity index (χ0n) is 14.4. The summed E-state index contributed by atoms with van der Waals surface area (Å²) in [6.07, 6.45) is 1.90. The van der Waals surface area contributed by atoms with Crippen LogP contribution in [0.3, 0.4) is 0 Å². The molecular weight excluding hydrogens is 350 g/mol. The Bertz CT molecular complexity index is 1060. The standard InChI is InChI=1S/C20H16ClN3O2/c1-12(25)7-15-8-17-20(23-11-15)19(18(26)9-21)13(2)24(17)16-5-3-14(10-22)4-6-16/h3-6,8,11H,7,9H2,1-2H3. The predicted octanol–water partition coefficient (Wildman–Crippen LogP) is 3.76. The lowest BCUT2D eigenvalue weighted by molar-refractivity contribution is -0.116. The summed E-state index contributed by atoms with van der Waals surface area (Å²) in [5.41, 5.74) is 4.64. The highest BCUT2D eigenvalue weighted by Crippen LogP contribution is 2.29. The topological polar surface area (TPSA) is 75.8 Å². The van der Waals surface area contributed by atoms with Crippen molar-refractivity contribution in [3.63, 3.8) is 0 Å². The number of alkyl halides is 1. The second-order valence-corrected chi connectivity index (χ2v) is 6.37. The van der Waals surface area contributed by atoms with E-state index in [0.717, 1.165) is 22.5 Å². The van der Waals surface area contributed by atoms with E-state index in [9.17, 15) is 9.59 Å². The van der Waals surface area contributed by atoms with Crippen LogP contribution >= 0.6 is 11.6 Å². The molecule has 0 aliphatic heterocycles. The predicted molar refractivity (Wildman–Crippen MR) is 100.0 cm³/mol. The van der Waals surface area contributed by atoms with E-state index in [1.165, 1.54) is 6.92 Å². The smallest absolute Gasteiger partial charge is 0.181 e. The van der Waals surface area contributed by atoms with Gasteiger partial charge in [0.05, 0.1) is 34.1 Å². The third-order valence-corrected chi connectivity index (χ3v) is 4.45. The molecule has 0 radical (unpaired) electrons. The van der Waals surface area contributed by atoms with Gasteiger partial charge in [0.1, 0.15) is 5.78 Å². The number of aromatic nitrogens is 2. The van der Waals surface area contributed by atoms with Crippen molar-refractivity contribution < 1.29 is 9.59 Å². The number of pyridine rings is 1. The number of benzene rings is 1. The first kappa shape index (κ1) is 17.8. The fourth-order valence-corrected chi connectivity index (χ4v) is 3.26. The molecule has 2 aromatic heterocycles. The maximum Gasteiger partial charge on any atom is 0.181 e. The number of halogens is 1. The number of rotatable bonds is 5. The van der Waals surface area contributed by atoms with Gasteiger partial charge in [0.25, 0.3) is 0 Å². The molecule has 1 aromatic carbocycles. The first-order valence-corrected chi connectivity index (χ1v) is 8.58. The molecule has 6 heteroatoms. The molecule has 0 saturated carbocycles. The van der Waals surface area contributed by atoms with Gasteiger partial charge in [0, 0.05) is 24.0 Å². The lowest BCUT2D eigenvalue weighted by Crippen LogP contribution is -2.04. The molecule has 0 aliphatic rings. The third kappa shape index (κ3) is 3.12. The van der Waals surface area contributed by atoms with Gasteiger partial charge in [0.2, 0.25) is 0 Å². The number of fused-ring (bicyclic) bond motifs is 1. The maximum absolute atomic E-state index is 12.4. The van der Waals surface area contributed by atoms with Gasteiger partial charge in [-0.25, -0.2) is 0 Å². The zero-order chi connectivity index (χ0) is 18.8. The van der Waals surface area contributed by atoms with E-state index >= 15 is 0 Å². The number of carbonyl (C=O) groups excluding carboxylic acids is 2. The fourth-order valence-electron chi connectivity index (χ4n) is 3.12. The first-order chi connectivity index (χ1) is 12.5. The summed E-state index contributed by atoms with van der Waals surface area (Å²) in [7, 11) is 0. The van der Waals surface area contributed by atoms with Crippen molar-refractivity contribution in [1.82, 2.24) is 9.55 Å². The molecule has 0 spiro atoms. The molecule has 0 saturated heterocycles. The van der Waals surface area contributed by atoms with Crippen molar-refractivity contribution in [2.24, 2.45) is 0 Å². The van der Waals surface area contributed by atoms with Crippen LogP contribution in [0.15, 0.2) is 36.5 Å². The first-order valence-electron chi connectivity index (χ1n) is 8.05. The average Bonchev–Trinajstić information content (AvgIpc) is 2.92. The molecule has 0 unspecified atom stereocenters. The minimum Gasteiger partial charge on any atom is -0.312 e. The molecule has 0 bridgehead atoms. The van der Waals surface area contributed by atoms with Gasteiger partial charge in [-0.2, -0.15) is 5.26 Å². The fraction of sp³-hybridized carbons (Fsp3) is 0.200. The summed E-state index contributed by atoms with van der Waals surface area (Å²) >= 11 is 5.79. The highest BCUT2D eigenvalue weighted by Gasteiger charge is 2.22. The zero-order valence-corrected chi connectivity index (χ0v) is 15.2. The molecule has 5 nitrogen and oxygen atoms in total.